The zero-order chi connectivity index (χ0) is 39.6. The number of para-hydroxylation sites is 1. The van der Waals surface area contributed by atoms with Crippen LogP contribution in [0.5, 0.6) is 0 Å². The predicted molar refractivity (Wildman–Crippen MR) is 247 cm³/mol. The molecule has 7 aromatic carbocycles. The van der Waals surface area contributed by atoms with Gasteiger partial charge in [0.1, 0.15) is 0 Å². The molecule has 0 saturated carbocycles. The van der Waals surface area contributed by atoms with Crippen LogP contribution in [0.4, 0.5) is 34.1 Å². The van der Waals surface area contributed by atoms with Crippen molar-refractivity contribution >= 4 is 92.3 Å². The van der Waals surface area contributed by atoms with Crippen molar-refractivity contribution < 1.29 is 0 Å². The van der Waals surface area contributed by atoms with E-state index in [2.05, 4.69) is 167 Å². The van der Waals surface area contributed by atoms with Crippen molar-refractivity contribution in [3.63, 3.8) is 0 Å². The summed E-state index contributed by atoms with van der Waals surface area (Å²) in [7, 11) is -1.80. The van der Waals surface area contributed by atoms with Gasteiger partial charge in [-0.15, -0.1) is 0 Å². The first-order valence-corrected chi connectivity index (χ1v) is 24.6. The average Bonchev–Trinajstić information content (AvgIpc) is 3.75. The van der Waals surface area contributed by atoms with E-state index in [-0.39, 0.29) is 0 Å². The van der Waals surface area contributed by atoms with Crippen LogP contribution in [0.1, 0.15) is 11.1 Å². The highest BCUT2D eigenvalue weighted by molar-refractivity contribution is 8.32. The maximum absolute atomic E-state index is 9.65. The number of benzene rings is 7. The second-order valence-corrected chi connectivity index (χ2v) is 24.3. The lowest BCUT2D eigenvalue weighted by atomic mass is 10.0. The topological polar surface area (TPSA) is 58.5 Å². The van der Waals surface area contributed by atoms with Gasteiger partial charge in [0.15, 0.2) is 0 Å². The highest BCUT2D eigenvalue weighted by Crippen LogP contribution is 2.51. The van der Waals surface area contributed by atoms with Crippen molar-refractivity contribution in [3.8, 4) is 12.1 Å². The van der Waals surface area contributed by atoms with Crippen LogP contribution in [0.3, 0.4) is 0 Å². The molecule has 0 saturated heterocycles. The van der Waals surface area contributed by atoms with E-state index in [0.29, 0.717) is 11.1 Å². The van der Waals surface area contributed by atoms with E-state index in [9.17, 15) is 10.5 Å². The molecule has 0 N–H and O–H groups in total. The minimum atomic E-state index is -0.899. The first kappa shape index (κ1) is 36.3. The molecule has 280 valence electrons. The molecule has 0 aliphatic heterocycles. The lowest BCUT2D eigenvalue weighted by molar-refractivity contribution is 1.27. The van der Waals surface area contributed by atoms with Crippen LogP contribution in [0, 0.1) is 22.7 Å². The highest BCUT2D eigenvalue weighted by atomic mass is 32.3. The van der Waals surface area contributed by atoms with Crippen LogP contribution in [0.2, 0.25) is 0 Å². The van der Waals surface area contributed by atoms with E-state index < -0.39 is 20.1 Å². The van der Waals surface area contributed by atoms with Gasteiger partial charge in [-0.1, -0.05) is 30.3 Å². The van der Waals surface area contributed by atoms with Gasteiger partial charge < -0.3 is 14.2 Å². The summed E-state index contributed by atoms with van der Waals surface area (Å²) in [5.74, 6) is 0. The maximum Gasteiger partial charge on any atom is 0.0991 e. The van der Waals surface area contributed by atoms with Crippen molar-refractivity contribution in [2.75, 3.05) is 47.3 Å². The molecule has 0 aliphatic carbocycles. The number of hydrogen-bond acceptors (Lipinski definition) is 4. The zero-order valence-electron chi connectivity index (χ0n) is 33.0. The standard InChI is InChI=1S/C50H43N5S2/c1-56(2,3)40-28-24-38(25-29-40)53(36-20-16-34(32-51)17-21-36)44-12-8-14-46-48(44)42-10-7-11-43-49-45(13-9-15-47(49)55(46)50(42)43)54(37-22-18-35(33-52)19-23-37)39-26-30-41(31-27-39)57(4,5)6/h7-31H,1-6H3. The molecule has 5 nitrogen and oxygen atoms in total. The van der Waals surface area contributed by atoms with Crippen molar-refractivity contribution in [1.82, 2.24) is 4.40 Å². The van der Waals surface area contributed by atoms with Gasteiger partial charge in [-0.25, -0.2) is 20.1 Å². The summed E-state index contributed by atoms with van der Waals surface area (Å²) in [6, 6.07) is 58.3. The first-order chi connectivity index (χ1) is 27.5. The molecule has 9 aromatic rings. The number of rotatable bonds is 8. The summed E-state index contributed by atoms with van der Waals surface area (Å²) in [6.07, 6.45) is 13.9. The molecule has 9 rings (SSSR count). The van der Waals surface area contributed by atoms with Crippen LogP contribution >= 0.6 is 20.1 Å². The van der Waals surface area contributed by atoms with Crippen LogP contribution in [0.15, 0.2) is 161 Å². The summed E-state index contributed by atoms with van der Waals surface area (Å²) in [6.45, 7) is 0. The smallest absolute Gasteiger partial charge is 0.0991 e. The number of aromatic nitrogens is 1. The van der Waals surface area contributed by atoms with E-state index in [0.717, 1.165) is 45.2 Å². The van der Waals surface area contributed by atoms with Crippen molar-refractivity contribution in [2.24, 2.45) is 0 Å². The highest BCUT2D eigenvalue weighted by Gasteiger charge is 2.26. The van der Waals surface area contributed by atoms with Crippen LogP contribution < -0.4 is 9.80 Å². The third-order valence-electron chi connectivity index (χ3n) is 10.9. The second-order valence-electron chi connectivity index (χ2n) is 16.0. The Balaban J connectivity index is 1.30. The molecule has 2 heterocycles. The van der Waals surface area contributed by atoms with Gasteiger partial charge in [-0.2, -0.15) is 10.5 Å². The quantitative estimate of drug-likeness (QED) is 0.154. The Morgan fingerprint density at radius 1 is 0.421 bits per heavy atom. The number of nitrogens with zero attached hydrogens (tertiary/aromatic N) is 5. The molecule has 0 atom stereocenters. The van der Waals surface area contributed by atoms with Crippen LogP contribution in [-0.2, 0) is 0 Å². The largest absolute Gasteiger partial charge is 0.310 e. The van der Waals surface area contributed by atoms with Gasteiger partial charge in [-0.05, 0) is 169 Å². The number of nitriles is 2. The fourth-order valence-corrected chi connectivity index (χ4v) is 10.0. The first-order valence-electron chi connectivity index (χ1n) is 18.8. The molecule has 7 heteroatoms. The Bertz CT molecular complexity index is 2830. The molecule has 0 bridgehead atoms. The lowest BCUT2D eigenvalue weighted by Crippen LogP contribution is -2.11. The van der Waals surface area contributed by atoms with E-state index in [1.165, 1.54) is 36.9 Å². The molecule has 0 amide bonds. The molecular formula is C50H43N5S2. The normalized spacial score (nSPS) is 12.6. The summed E-state index contributed by atoms with van der Waals surface area (Å²) in [5.41, 5.74) is 11.0. The number of hydrogen-bond donors (Lipinski definition) is 0. The second kappa shape index (κ2) is 13.7. The minimum absolute atomic E-state index is 0.632. The summed E-state index contributed by atoms with van der Waals surface area (Å²) in [5, 5.41) is 24.0. The van der Waals surface area contributed by atoms with E-state index >= 15 is 0 Å². The SMILES string of the molecule is CS(C)(C)c1ccc(N(c2ccc(C#N)cc2)c2cccc3c2c2cccc4c5c(N(c6ccc(C#N)cc6)c6ccc(S(C)(C)C)cc6)cccc5n3c24)cc1. The maximum atomic E-state index is 9.65. The summed E-state index contributed by atoms with van der Waals surface area (Å²) < 4.78 is 2.44. The third-order valence-corrected chi connectivity index (χ3v) is 14.3. The molecule has 2 aromatic heterocycles. The van der Waals surface area contributed by atoms with Crippen LogP contribution in [-0.4, -0.2) is 41.9 Å². The predicted octanol–water partition coefficient (Wildman–Crippen LogP) is 13.6. The van der Waals surface area contributed by atoms with E-state index in [1.54, 1.807) is 0 Å². The molecule has 0 radical (unpaired) electrons. The van der Waals surface area contributed by atoms with Gasteiger partial charge in [0.05, 0.1) is 51.2 Å². The Hall–Kier alpha value is -6.38. The fraction of sp³-hybridized carbons (Fsp3) is 0.120. The lowest BCUT2D eigenvalue weighted by Gasteiger charge is -2.29. The van der Waals surface area contributed by atoms with Gasteiger partial charge >= 0.3 is 0 Å². The van der Waals surface area contributed by atoms with Gasteiger partial charge in [0, 0.05) is 44.3 Å². The Labute approximate surface area is 337 Å². The number of anilines is 6. The Morgan fingerprint density at radius 3 is 1.09 bits per heavy atom. The third kappa shape index (κ3) is 6.12. The molecule has 0 aliphatic rings. The van der Waals surface area contributed by atoms with Gasteiger partial charge in [0.25, 0.3) is 0 Å². The minimum Gasteiger partial charge on any atom is -0.310 e. The average molecular weight is 778 g/mol. The summed E-state index contributed by atoms with van der Waals surface area (Å²) >= 11 is 0. The van der Waals surface area contributed by atoms with Crippen molar-refractivity contribution in [3.05, 3.63) is 163 Å². The molecule has 0 spiro atoms. The van der Waals surface area contributed by atoms with E-state index in [1.807, 2.05) is 48.5 Å². The summed E-state index contributed by atoms with van der Waals surface area (Å²) in [4.78, 5) is 7.37. The van der Waals surface area contributed by atoms with Gasteiger partial charge in [-0.3, -0.25) is 0 Å². The van der Waals surface area contributed by atoms with Crippen molar-refractivity contribution in [1.29, 1.82) is 10.5 Å². The van der Waals surface area contributed by atoms with Gasteiger partial charge in [0.2, 0.25) is 0 Å². The molecule has 57 heavy (non-hydrogen) atoms. The van der Waals surface area contributed by atoms with Crippen LogP contribution in [0.25, 0.3) is 38.1 Å². The Kier molecular flexibility index (Phi) is 8.70. The zero-order valence-corrected chi connectivity index (χ0v) is 34.6. The fourth-order valence-electron chi connectivity index (χ4n) is 8.14. The monoisotopic (exact) mass is 777 g/mol. The van der Waals surface area contributed by atoms with Crippen molar-refractivity contribution in [2.45, 2.75) is 9.79 Å². The Morgan fingerprint density at radius 2 is 0.754 bits per heavy atom. The van der Waals surface area contributed by atoms with E-state index in [4.69, 9.17) is 0 Å². The molecular weight excluding hydrogens is 735 g/mol. The molecule has 0 fully saturated rings. The number of fused-ring (bicyclic) bond motifs is 6. The molecule has 0 unspecified atom stereocenters.